The second-order valence-corrected chi connectivity index (χ2v) is 6.32. The first-order valence-corrected chi connectivity index (χ1v) is 8.24. The van der Waals surface area contributed by atoms with Crippen molar-refractivity contribution in [1.29, 1.82) is 0 Å². The molecule has 2 aromatic carbocycles. The monoisotopic (exact) mass is 358 g/mol. The highest BCUT2D eigenvalue weighted by molar-refractivity contribution is 8.00. The lowest BCUT2D eigenvalue weighted by Gasteiger charge is -2.06. The number of para-hydroxylation sites is 2. The molecule has 25 heavy (non-hydrogen) atoms. The summed E-state index contributed by atoms with van der Waals surface area (Å²) in [5.74, 6) is -2.42. The smallest absolute Gasteiger partial charge is 0.317 e. The third kappa shape index (κ3) is 4.10. The van der Waals surface area contributed by atoms with Crippen molar-refractivity contribution < 1.29 is 24.2 Å². The fourth-order valence-electron chi connectivity index (χ4n) is 2.21. The number of aliphatic carboxylic acids is 2. The first-order chi connectivity index (χ1) is 12.0. The second kappa shape index (κ2) is 7.27. The van der Waals surface area contributed by atoms with E-state index in [0.717, 1.165) is 17.4 Å². The summed E-state index contributed by atoms with van der Waals surface area (Å²) in [4.78, 5) is 26.2. The van der Waals surface area contributed by atoms with Gasteiger partial charge in [0.2, 0.25) is 0 Å². The highest BCUT2D eigenvalue weighted by Crippen LogP contribution is 2.33. The lowest BCUT2D eigenvalue weighted by atomic mass is 10.2. The van der Waals surface area contributed by atoms with Gasteiger partial charge in [-0.25, -0.2) is 4.98 Å². The van der Waals surface area contributed by atoms with Crippen LogP contribution in [0.3, 0.4) is 0 Å². The van der Waals surface area contributed by atoms with E-state index in [0.29, 0.717) is 16.8 Å². The van der Waals surface area contributed by atoms with Gasteiger partial charge in [0.25, 0.3) is 5.22 Å². The van der Waals surface area contributed by atoms with E-state index in [1.54, 1.807) is 12.1 Å². The van der Waals surface area contributed by atoms with Crippen molar-refractivity contribution in [3.63, 3.8) is 0 Å². The number of rotatable bonds is 7. The van der Waals surface area contributed by atoms with E-state index in [1.807, 2.05) is 36.4 Å². The molecular weight excluding hydrogens is 344 g/mol. The molecule has 1 heterocycles. The molecule has 3 aromatic rings. The van der Waals surface area contributed by atoms with Gasteiger partial charge in [0.15, 0.2) is 5.58 Å². The summed E-state index contributed by atoms with van der Waals surface area (Å²) in [6, 6.07) is 14.9. The minimum Gasteiger partial charge on any atom is -0.481 e. The molecule has 0 radical (unpaired) electrons. The molecular formula is C17H14N2O5S. The molecule has 0 aliphatic carbocycles. The van der Waals surface area contributed by atoms with Crippen LogP contribution in [0.1, 0.15) is 6.42 Å². The second-order valence-electron chi connectivity index (χ2n) is 5.17. The van der Waals surface area contributed by atoms with E-state index in [4.69, 9.17) is 14.6 Å². The van der Waals surface area contributed by atoms with Gasteiger partial charge in [-0.1, -0.05) is 36.0 Å². The molecule has 0 spiro atoms. The number of carboxylic acid groups (broad SMARTS) is 2. The van der Waals surface area contributed by atoms with Gasteiger partial charge in [0.1, 0.15) is 10.8 Å². The standard InChI is InChI=1S/C17H14N2O5S/c20-14(21)9-13(16(22)23)25-17-19-12-8-4-7-11(15(12)24-17)18-10-5-2-1-3-6-10/h1-8,13,18H,9H2,(H,20,21)(H,22,23). The van der Waals surface area contributed by atoms with Crippen LogP contribution < -0.4 is 5.32 Å². The van der Waals surface area contributed by atoms with Gasteiger partial charge in [0, 0.05) is 5.69 Å². The fourth-order valence-corrected chi connectivity index (χ4v) is 3.07. The zero-order valence-corrected chi connectivity index (χ0v) is 13.7. The molecule has 0 bridgehead atoms. The molecule has 0 saturated heterocycles. The average molecular weight is 358 g/mol. The summed E-state index contributed by atoms with van der Waals surface area (Å²) in [5, 5.41) is 20.1. The van der Waals surface area contributed by atoms with Crippen LogP contribution in [0.5, 0.6) is 0 Å². The fraction of sp³-hybridized carbons (Fsp3) is 0.118. The van der Waals surface area contributed by atoms with Crippen LogP contribution in [0.2, 0.25) is 0 Å². The number of oxazole rings is 1. The van der Waals surface area contributed by atoms with Crippen LogP contribution in [0.4, 0.5) is 11.4 Å². The summed E-state index contributed by atoms with van der Waals surface area (Å²) in [6.07, 6.45) is -0.520. The third-order valence-electron chi connectivity index (χ3n) is 3.33. The molecule has 3 rings (SSSR count). The maximum atomic E-state index is 11.2. The van der Waals surface area contributed by atoms with Crippen molar-refractivity contribution in [3.8, 4) is 0 Å². The first kappa shape index (κ1) is 16.8. The molecule has 0 saturated carbocycles. The van der Waals surface area contributed by atoms with Gasteiger partial charge >= 0.3 is 11.9 Å². The van der Waals surface area contributed by atoms with E-state index in [1.165, 1.54) is 0 Å². The van der Waals surface area contributed by atoms with Gasteiger partial charge < -0.3 is 19.9 Å². The molecule has 3 N–H and O–H groups in total. The Kier molecular flexibility index (Phi) is 4.90. The Morgan fingerprint density at radius 1 is 1.12 bits per heavy atom. The van der Waals surface area contributed by atoms with Crippen LogP contribution in [0, 0.1) is 0 Å². The maximum Gasteiger partial charge on any atom is 0.317 e. The van der Waals surface area contributed by atoms with Crippen molar-refractivity contribution in [3.05, 3.63) is 48.5 Å². The summed E-state index contributed by atoms with van der Waals surface area (Å²) in [6.45, 7) is 0. The zero-order valence-electron chi connectivity index (χ0n) is 12.9. The molecule has 0 amide bonds. The van der Waals surface area contributed by atoms with E-state index in [2.05, 4.69) is 10.3 Å². The van der Waals surface area contributed by atoms with Crippen molar-refractivity contribution >= 4 is 46.2 Å². The predicted molar refractivity (Wildman–Crippen MR) is 93.3 cm³/mol. The first-order valence-electron chi connectivity index (χ1n) is 7.36. The van der Waals surface area contributed by atoms with Crippen molar-refractivity contribution in [2.75, 3.05) is 5.32 Å². The maximum absolute atomic E-state index is 11.2. The molecule has 1 aromatic heterocycles. The average Bonchev–Trinajstić information content (AvgIpc) is 2.98. The topological polar surface area (TPSA) is 113 Å². The Morgan fingerprint density at radius 3 is 2.56 bits per heavy atom. The molecule has 0 aliphatic rings. The number of fused-ring (bicyclic) bond motifs is 1. The SMILES string of the molecule is O=C(O)CC(Sc1nc2cccc(Nc3ccccc3)c2o1)C(=O)O. The number of aromatic nitrogens is 1. The van der Waals surface area contributed by atoms with Crippen LogP contribution in [-0.2, 0) is 9.59 Å². The summed E-state index contributed by atoms with van der Waals surface area (Å²) in [7, 11) is 0. The van der Waals surface area contributed by atoms with Crippen LogP contribution in [-0.4, -0.2) is 32.4 Å². The third-order valence-corrected chi connectivity index (χ3v) is 4.36. The Hall–Kier alpha value is -3.00. The zero-order chi connectivity index (χ0) is 17.8. The largest absolute Gasteiger partial charge is 0.481 e. The summed E-state index contributed by atoms with van der Waals surface area (Å²) >= 11 is 0.780. The Morgan fingerprint density at radius 2 is 1.88 bits per heavy atom. The summed E-state index contributed by atoms with van der Waals surface area (Å²) < 4.78 is 5.67. The number of nitrogens with one attached hydrogen (secondary N) is 1. The lowest BCUT2D eigenvalue weighted by Crippen LogP contribution is -2.20. The van der Waals surface area contributed by atoms with Crippen LogP contribution in [0.25, 0.3) is 11.1 Å². The number of nitrogens with zero attached hydrogens (tertiary/aromatic N) is 1. The lowest BCUT2D eigenvalue weighted by molar-refractivity contribution is -0.142. The molecule has 8 heteroatoms. The van der Waals surface area contributed by atoms with E-state index in [9.17, 15) is 9.59 Å². The molecule has 128 valence electrons. The van der Waals surface area contributed by atoms with E-state index < -0.39 is 23.6 Å². The number of hydrogen-bond donors (Lipinski definition) is 3. The minimum atomic E-state index is -1.22. The van der Waals surface area contributed by atoms with Crippen molar-refractivity contribution in [2.45, 2.75) is 16.9 Å². The predicted octanol–water partition coefficient (Wildman–Crippen LogP) is 3.59. The van der Waals surface area contributed by atoms with Crippen molar-refractivity contribution in [2.24, 2.45) is 0 Å². The highest BCUT2D eigenvalue weighted by atomic mass is 32.2. The van der Waals surface area contributed by atoms with E-state index >= 15 is 0 Å². The molecule has 1 unspecified atom stereocenters. The highest BCUT2D eigenvalue weighted by Gasteiger charge is 2.25. The van der Waals surface area contributed by atoms with Crippen LogP contribution in [0.15, 0.2) is 58.2 Å². The number of carbonyl (C=O) groups is 2. The quantitative estimate of drug-likeness (QED) is 0.549. The number of thioether (sulfide) groups is 1. The number of anilines is 2. The van der Waals surface area contributed by atoms with Gasteiger partial charge in [-0.15, -0.1) is 0 Å². The summed E-state index contributed by atoms with van der Waals surface area (Å²) in [5.41, 5.74) is 2.60. The minimum absolute atomic E-state index is 0.117. The van der Waals surface area contributed by atoms with Crippen molar-refractivity contribution in [1.82, 2.24) is 4.98 Å². The number of carboxylic acids is 2. The van der Waals surface area contributed by atoms with Gasteiger partial charge in [0.05, 0.1) is 12.1 Å². The van der Waals surface area contributed by atoms with E-state index in [-0.39, 0.29) is 5.22 Å². The Bertz CT molecular complexity index is 910. The molecule has 1 atom stereocenters. The Balaban J connectivity index is 1.88. The number of hydrogen-bond acceptors (Lipinski definition) is 6. The van der Waals surface area contributed by atoms with Gasteiger partial charge in [-0.2, -0.15) is 0 Å². The van der Waals surface area contributed by atoms with Crippen LogP contribution >= 0.6 is 11.8 Å². The molecule has 0 fully saturated rings. The molecule has 0 aliphatic heterocycles. The Labute approximate surface area is 146 Å². The number of benzene rings is 2. The van der Waals surface area contributed by atoms with Gasteiger partial charge in [-0.05, 0) is 24.3 Å². The molecule has 7 nitrogen and oxygen atoms in total. The van der Waals surface area contributed by atoms with Gasteiger partial charge in [-0.3, -0.25) is 9.59 Å². The normalized spacial score (nSPS) is 12.0.